The third kappa shape index (κ3) is 2.12. The number of rotatable bonds is 3. The summed E-state index contributed by atoms with van der Waals surface area (Å²) in [6.07, 6.45) is 0.701. The van der Waals surface area contributed by atoms with Gasteiger partial charge in [-0.15, -0.1) is 0 Å². The SMILES string of the molecule is CCc1oc([C@@H](C)CO)c(C)c(=O)c1C. The van der Waals surface area contributed by atoms with Gasteiger partial charge < -0.3 is 9.52 Å². The molecule has 15 heavy (non-hydrogen) atoms. The minimum atomic E-state index is -0.122. The normalized spacial score (nSPS) is 12.9. The molecule has 1 atom stereocenters. The van der Waals surface area contributed by atoms with Crippen LogP contribution in [-0.2, 0) is 6.42 Å². The highest BCUT2D eigenvalue weighted by atomic mass is 16.3. The van der Waals surface area contributed by atoms with Crippen LogP contribution >= 0.6 is 0 Å². The van der Waals surface area contributed by atoms with Crippen LogP contribution in [0.25, 0.3) is 0 Å². The zero-order valence-corrected chi connectivity index (χ0v) is 9.76. The lowest BCUT2D eigenvalue weighted by atomic mass is 10.0. The molecule has 0 saturated carbocycles. The van der Waals surface area contributed by atoms with Crippen molar-refractivity contribution in [1.82, 2.24) is 0 Å². The first-order valence-corrected chi connectivity index (χ1v) is 5.26. The van der Waals surface area contributed by atoms with Crippen molar-refractivity contribution in [3.8, 4) is 0 Å². The van der Waals surface area contributed by atoms with Crippen LogP contribution in [0.4, 0.5) is 0 Å². The molecule has 0 saturated heterocycles. The molecule has 3 nitrogen and oxygen atoms in total. The van der Waals surface area contributed by atoms with Gasteiger partial charge in [-0.05, 0) is 13.8 Å². The van der Waals surface area contributed by atoms with E-state index < -0.39 is 0 Å². The molecule has 0 spiro atoms. The summed E-state index contributed by atoms with van der Waals surface area (Å²) in [5.41, 5.74) is 1.34. The van der Waals surface area contributed by atoms with Crippen molar-refractivity contribution in [2.24, 2.45) is 0 Å². The molecule has 1 heterocycles. The Balaban J connectivity index is 3.42. The molecule has 0 fully saturated rings. The van der Waals surface area contributed by atoms with Gasteiger partial charge >= 0.3 is 0 Å². The van der Waals surface area contributed by atoms with E-state index in [4.69, 9.17) is 9.52 Å². The van der Waals surface area contributed by atoms with Crippen LogP contribution in [0.15, 0.2) is 9.21 Å². The van der Waals surface area contributed by atoms with Crippen molar-refractivity contribution >= 4 is 0 Å². The van der Waals surface area contributed by atoms with Crippen LogP contribution in [0.2, 0.25) is 0 Å². The molecule has 0 bridgehead atoms. The zero-order valence-electron chi connectivity index (χ0n) is 9.76. The van der Waals surface area contributed by atoms with E-state index in [0.717, 1.165) is 5.76 Å². The number of hydrogen-bond donors (Lipinski definition) is 1. The summed E-state index contributed by atoms with van der Waals surface area (Å²) < 4.78 is 5.66. The molecule has 0 radical (unpaired) electrons. The summed E-state index contributed by atoms with van der Waals surface area (Å²) in [5.74, 6) is 1.22. The Hall–Kier alpha value is -1.09. The fraction of sp³-hybridized carbons (Fsp3) is 0.583. The number of aryl methyl sites for hydroxylation is 1. The van der Waals surface area contributed by atoms with Crippen LogP contribution in [0.1, 0.15) is 42.4 Å². The maximum atomic E-state index is 11.8. The second-order valence-electron chi connectivity index (χ2n) is 3.91. The van der Waals surface area contributed by atoms with Gasteiger partial charge in [0.05, 0.1) is 6.61 Å². The lowest BCUT2D eigenvalue weighted by molar-refractivity contribution is 0.252. The monoisotopic (exact) mass is 210 g/mol. The van der Waals surface area contributed by atoms with Crippen LogP contribution in [0, 0.1) is 13.8 Å². The Morgan fingerprint density at radius 3 is 2.40 bits per heavy atom. The molecule has 0 aromatic carbocycles. The van der Waals surface area contributed by atoms with E-state index in [9.17, 15) is 4.79 Å². The van der Waals surface area contributed by atoms with Crippen LogP contribution < -0.4 is 5.43 Å². The number of aliphatic hydroxyl groups is 1. The molecular weight excluding hydrogens is 192 g/mol. The average Bonchev–Trinajstić information content (AvgIpc) is 2.25. The van der Waals surface area contributed by atoms with E-state index in [-0.39, 0.29) is 18.0 Å². The van der Waals surface area contributed by atoms with Crippen molar-refractivity contribution in [2.45, 2.75) is 40.0 Å². The maximum Gasteiger partial charge on any atom is 0.191 e. The summed E-state index contributed by atoms with van der Waals surface area (Å²) >= 11 is 0. The fourth-order valence-electron chi connectivity index (χ4n) is 1.70. The van der Waals surface area contributed by atoms with Crippen LogP contribution in [-0.4, -0.2) is 11.7 Å². The molecule has 0 aliphatic rings. The molecule has 1 aromatic rings. The zero-order chi connectivity index (χ0) is 11.6. The van der Waals surface area contributed by atoms with Gasteiger partial charge in [0.2, 0.25) is 0 Å². The van der Waals surface area contributed by atoms with Gasteiger partial charge in [0, 0.05) is 23.5 Å². The molecule has 0 aliphatic carbocycles. The smallest absolute Gasteiger partial charge is 0.191 e. The highest BCUT2D eigenvalue weighted by Crippen LogP contribution is 2.20. The summed E-state index contributed by atoms with van der Waals surface area (Å²) in [6, 6.07) is 0. The van der Waals surface area contributed by atoms with E-state index in [1.54, 1.807) is 13.8 Å². The lowest BCUT2D eigenvalue weighted by Crippen LogP contribution is -2.16. The van der Waals surface area contributed by atoms with E-state index >= 15 is 0 Å². The average molecular weight is 210 g/mol. The molecule has 0 unspecified atom stereocenters. The maximum absolute atomic E-state index is 11.8. The van der Waals surface area contributed by atoms with Crippen LogP contribution in [0.5, 0.6) is 0 Å². The molecule has 1 rings (SSSR count). The highest BCUT2D eigenvalue weighted by Gasteiger charge is 2.16. The van der Waals surface area contributed by atoms with E-state index in [1.807, 2.05) is 13.8 Å². The molecule has 0 aliphatic heterocycles. The summed E-state index contributed by atoms with van der Waals surface area (Å²) in [5, 5.41) is 9.07. The number of aliphatic hydroxyl groups excluding tert-OH is 1. The van der Waals surface area contributed by atoms with Gasteiger partial charge in [-0.2, -0.15) is 0 Å². The first-order chi connectivity index (χ1) is 7.02. The standard InChI is InChI=1S/C12H18O3/c1-5-10-8(3)11(14)9(4)12(15-10)7(2)6-13/h7,13H,5-6H2,1-4H3/t7-/m0/s1. The third-order valence-electron chi connectivity index (χ3n) is 2.74. The molecule has 1 N–H and O–H groups in total. The van der Waals surface area contributed by atoms with E-state index in [1.165, 1.54) is 0 Å². The summed E-state index contributed by atoms with van der Waals surface area (Å²) in [4.78, 5) is 11.8. The Morgan fingerprint density at radius 2 is 1.93 bits per heavy atom. The van der Waals surface area contributed by atoms with Crippen molar-refractivity contribution < 1.29 is 9.52 Å². The first-order valence-electron chi connectivity index (χ1n) is 5.26. The summed E-state index contributed by atoms with van der Waals surface area (Å²) in [6.45, 7) is 7.33. The van der Waals surface area contributed by atoms with E-state index in [0.29, 0.717) is 23.3 Å². The van der Waals surface area contributed by atoms with Gasteiger partial charge in [-0.1, -0.05) is 13.8 Å². The predicted molar refractivity (Wildman–Crippen MR) is 59.3 cm³/mol. The van der Waals surface area contributed by atoms with Crippen molar-refractivity contribution in [2.75, 3.05) is 6.61 Å². The van der Waals surface area contributed by atoms with Gasteiger partial charge in [0.25, 0.3) is 0 Å². The minimum Gasteiger partial charge on any atom is -0.465 e. The Bertz CT molecular complexity index is 404. The first kappa shape index (κ1) is 12.0. The van der Waals surface area contributed by atoms with Gasteiger partial charge in [-0.25, -0.2) is 0 Å². The van der Waals surface area contributed by atoms with E-state index in [2.05, 4.69) is 0 Å². The Kier molecular flexibility index (Phi) is 3.69. The Labute approximate surface area is 89.7 Å². The third-order valence-corrected chi connectivity index (χ3v) is 2.74. The molecule has 3 heteroatoms. The molecule has 1 aromatic heterocycles. The molecule has 0 amide bonds. The largest absolute Gasteiger partial charge is 0.465 e. The predicted octanol–water partition coefficient (Wildman–Crippen LogP) is 1.91. The van der Waals surface area contributed by atoms with Crippen molar-refractivity contribution in [1.29, 1.82) is 0 Å². The molecule has 84 valence electrons. The van der Waals surface area contributed by atoms with Gasteiger partial charge in [0.15, 0.2) is 5.43 Å². The van der Waals surface area contributed by atoms with Crippen molar-refractivity contribution in [3.63, 3.8) is 0 Å². The fourth-order valence-corrected chi connectivity index (χ4v) is 1.70. The van der Waals surface area contributed by atoms with Crippen molar-refractivity contribution in [3.05, 3.63) is 32.9 Å². The highest BCUT2D eigenvalue weighted by molar-refractivity contribution is 5.27. The topological polar surface area (TPSA) is 50.4 Å². The van der Waals surface area contributed by atoms with Gasteiger partial charge in [0.1, 0.15) is 11.5 Å². The van der Waals surface area contributed by atoms with Crippen LogP contribution in [0.3, 0.4) is 0 Å². The minimum absolute atomic E-state index is 0.00397. The second kappa shape index (κ2) is 4.62. The van der Waals surface area contributed by atoms with Gasteiger partial charge in [-0.3, -0.25) is 4.79 Å². The number of hydrogen-bond acceptors (Lipinski definition) is 3. The second-order valence-corrected chi connectivity index (χ2v) is 3.91. The Morgan fingerprint density at radius 1 is 1.33 bits per heavy atom. The molecular formula is C12H18O3. The lowest BCUT2D eigenvalue weighted by Gasteiger charge is -2.13. The summed E-state index contributed by atoms with van der Waals surface area (Å²) in [7, 11) is 0. The quantitative estimate of drug-likeness (QED) is 0.829.